The monoisotopic (exact) mass is 351 g/mol. The molecule has 0 bridgehead atoms. The number of ketones is 1. The van der Waals surface area contributed by atoms with Crippen LogP contribution in [0, 0.1) is 0 Å². The van der Waals surface area contributed by atoms with Gasteiger partial charge >= 0.3 is 0 Å². The van der Waals surface area contributed by atoms with E-state index in [0.717, 1.165) is 14.7 Å². The lowest BCUT2D eigenvalue weighted by Crippen LogP contribution is -1.99. The van der Waals surface area contributed by atoms with Crippen LogP contribution in [-0.4, -0.2) is 10.8 Å². The Morgan fingerprint density at radius 3 is 2.63 bits per heavy atom. The third-order valence-electron chi connectivity index (χ3n) is 2.65. The fourth-order valence-electron chi connectivity index (χ4n) is 1.72. The second kappa shape index (κ2) is 5.04. The first-order valence-corrected chi connectivity index (χ1v) is 7.48. The zero-order chi connectivity index (χ0) is 13.4. The summed E-state index contributed by atoms with van der Waals surface area (Å²) in [5.41, 5.74) is 1.39. The van der Waals surface area contributed by atoms with Crippen LogP contribution < -0.4 is 0 Å². The Morgan fingerprint density at radius 1 is 1.16 bits per heavy atom. The van der Waals surface area contributed by atoms with Crippen molar-refractivity contribution in [1.29, 1.82) is 0 Å². The molecule has 3 rings (SSSR count). The number of hydrogen-bond donors (Lipinski definition) is 0. The van der Waals surface area contributed by atoms with Crippen LogP contribution in [0.1, 0.15) is 15.4 Å². The predicted octanol–water partition coefficient (Wildman–Crippen LogP) is 4.94. The second-order valence-electron chi connectivity index (χ2n) is 3.97. The fourth-order valence-corrected chi connectivity index (χ4v) is 3.06. The first-order chi connectivity index (χ1) is 9.13. The molecule has 0 amide bonds. The lowest BCUT2D eigenvalue weighted by atomic mass is 10.1. The number of benzene rings is 2. The number of thiazole rings is 1. The van der Waals surface area contributed by atoms with Crippen molar-refractivity contribution in [3.63, 3.8) is 0 Å². The summed E-state index contributed by atoms with van der Waals surface area (Å²) in [6.07, 6.45) is 0. The number of carbonyl (C=O) groups is 1. The SMILES string of the molecule is O=C(c1ccc(Br)cc1)c1nc2cc(Cl)ccc2s1. The van der Waals surface area contributed by atoms with Crippen molar-refractivity contribution in [2.24, 2.45) is 0 Å². The van der Waals surface area contributed by atoms with E-state index in [1.807, 2.05) is 18.2 Å². The van der Waals surface area contributed by atoms with Crippen LogP contribution in [0.15, 0.2) is 46.9 Å². The van der Waals surface area contributed by atoms with Gasteiger partial charge in [-0.1, -0.05) is 27.5 Å². The molecule has 2 aromatic carbocycles. The first-order valence-electron chi connectivity index (χ1n) is 5.50. The molecule has 1 heterocycles. The zero-order valence-electron chi connectivity index (χ0n) is 9.56. The minimum absolute atomic E-state index is 0.0650. The molecule has 2 nitrogen and oxygen atoms in total. The molecule has 19 heavy (non-hydrogen) atoms. The van der Waals surface area contributed by atoms with Crippen molar-refractivity contribution < 1.29 is 4.79 Å². The summed E-state index contributed by atoms with van der Waals surface area (Å²) in [4.78, 5) is 16.7. The molecule has 0 fully saturated rings. The molecule has 0 aliphatic rings. The normalized spacial score (nSPS) is 10.8. The number of nitrogens with zero attached hydrogens (tertiary/aromatic N) is 1. The Hall–Kier alpha value is -1.23. The highest BCUT2D eigenvalue weighted by Crippen LogP contribution is 2.26. The van der Waals surface area contributed by atoms with Crippen molar-refractivity contribution in [2.75, 3.05) is 0 Å². The summed E-state index contributed by atoms with van der Waals surface area (Å²) in [5, 5.41) is 1.11. The minimum Gasteiger partial charge on any atom is -0.286 e. The molecule has 0 unspecified atom stereocenters. The topological polar surface area (TPSA) is 30.0 Å². The van der Waals surface area contributed by atoms with Crippen molar-refractivity contribution in [3.05, 3.63) is 62.5 Å². The van der Waals surface area contributed by atoms with Gasteiger partial charge < -0.3 is 0 Å². The molecule has 5 heteroatoms. The van der Waals surface area contributed by atoms with Gasteiger partial charge in [-0.05, 0) is 42.5 Å². The van der Waals surface area contributed by atoms with Gasteiger partial charge in [0.05, 0.1) is 10.2 Å². The molecule has 1 aromatic heterocycles. The third kappa shape index (κ3) is 2.56. The summed E-state index contributed by atoms with van der Waals surface area (Å²) < 4.78 is 1.91. The van der Waals surface area contributed by atoms with Gasteiger partial charge in [0.1, 0.15) is 0 Å². The van der Waals surface area contributed by atoms with Crippen LogP contribution in [-0.2, 0) is 0 Å². The highest BCUT2D eigenvalue weighted by atomic mass is 79.9. The number of aromatic nitrogens is 1. The van der Waals surface area contributed by atoms with Gasteiger partial charge in [0, 0.05) is 15.1 Å². The van der Waals surface area contributed by atoms with E-state index in [1.165, 1.54) is 11.3 Å². The van der Waals surface area contributed by atoms with Gasteiger partial charge in [-0.3, -0.25) is 4.79 Å². The molecule has 0 atom stereocenters. The summed E-state index contributed by atoms with van der Waals surface area (Å²) in [5.74, 6) is -0.0650. The second-order valence-corrected chi connectivity index (χ2v) is 6.35. The van der Waals surface area contributed by atoms with Crippen LogP contribution in [0.25, 0.3) is 10.2 Å². The van der Waals surface area contributed by atoms with Crippen molar-refractivity contribution in [3.8, 4) is 0 Å². The summed E-state index contributed by atoms with van der Waals surface area (Å²) in [7, 11) is 0. The molecule has 3 aromatic rings. The molecular weight excluding hydrogens is 346 g/mol. The first kappa shape index (κ1) is 12.8. The standard InChI is InChI=1S/C14H7BrClNOS/c15-9-3-1-8(2-4-9)13(18)14-17-11-7-10(16)5-6-12(11)19-14/h1-7H. The van der Waals surface area contributed by atoms with E-state index in [2.05, 4.69) is 20.9 Å². The third-order valence-corrected chi connectivity index (χ3v) is 4.45. The molecular formula is C14H7BrClNOS. The molecule has 0 aliphatic heterocycles. The Balaban J connectivity index is 2.04. The number of rotatable bonds is 2. The molecule has 0 aliphatic carbocycles. The summed E-state index contributed by atoms with van der Waals surface area (Å²) in [6, 6.07) is 12.7. The van der Waals surface area contributed by atoms with Crippen LogP contribution in [0.4, 0.5) is 0 Å². The molecule has 0 saturated carbocycles. The van der Waals surface area contributed by atoms with Gasteiger partial charge in [-0.2, -0.15) is 0 Å². The maximum Gasteiger partial charge on any atom is 0.221 e. The number of carbonyl (C=O) groups excluding carboxylic acids is 1. The van der Waals surface area contributed by atoms with Gasteiger partial charge in [-0.15, -0.1) is 11.3 Å². The van der Waals surface area contributed by atoms with Crippen LogP contribution in [0.5, 0.6) is 0 Å². The Labute approximate surface area is 127 Å². The van der Waals surface area contributed by atoms with Crippen LogP contribution in [0.2, 0.25) is 5.02 Å². The Kier molecular flexibility index (Phi) is 3.39. The molecule has 0 N–H and O–H groups in total. The van der Waals surface area contributed by atoms with E-state index in [9.17, 15) is 4.79 Å². The lowest BCUT2D eigenvalue weighted by molar-refractivity contribution is 0.103. The van der Waals surface area contributed by atoms with E-state index >= 15 is 0 Å². The van der Waals surface area contributed by atoms with Gasteiger partial charge in [0.15, 0.2) is 5.01 Å². The number of fused-ring (bicyclic) bond motifs is 1. The van der Waals surface area contributed by atoms with Crippen LogP contribution >= 0.6 is 38.9 Å². The zero-order valence-corrected chi connectivity index (χ0v) is 12.7. The van der Waals surface area contributed by atoms with Crippen molar-refractivity contribution in [2.45, 2.75) is 0 Å². The number of halogens is 2. The highest BCUT2D eigenvalue weighted by Gasteiger charge is 2.14. The van der Waals surface area contributed by atoms with Gasteiger partial charge in [0.25, 0.3) is 0 Å². The molecule has 0 saturated heterocycles. The quantitative estimate of drug-likeness (QED) is 0.611. The lowest BCUT2D eigenvalue weighted by Gasteiger charge is -1.96. The van der Waals surface area contributed by atoms with E-state index in [0.29, 0.717) is 15.6 Å². The van der Waals surface area contributed by atoms with E-state index in [-0.39, 0.29) is 5.78 Å². The Bertz CT molecular complexity index is 767. The van der Waals surface area contributed by atoms with Crippen molar-refractivity contribution >= 4 is 54.9 Å². The Morgan fingerprint density at radius 2 is 1.89 bits per heavy atom. The molecule has 94 valence electrons. The average Bonchev–Trinajstić information content (AvgIpc) is 2.81. The van der Waals surface area contributed by atoms with E-state index in [1.54, 1.807) is 24.3 Å². The number of hydrogen-bond acceptors (Lipinski definition) is 3. The maximum atomic E-state index is 12.3. The smallest absolute Gasteiger partial charge is 0.221 e. The highest BCUT2D eigenvalue weighted by molar-refractivity contribution is 9.10. The summed E-state index contributed by atoms with van der Waals surface area (Å²) >= 11 is 10.6. The largest absolute Gasteiger partial charge is 0.286 e. The van der Waals surface area contributed by atoms with Gasteiger partial charge in [0.2, 0.25) is 5.78 Å². The van der Waals surface area contributed by atoms with E-state index < -0.39 is 0 Å². The predicted molar refractivity (Wildman–Crippen MR) is 82.2 cm³/mol. The average molecular weight is 353 g/mol. The minimum atomic E-state index is -0.0650. The summed E-state index contributed by atoms with van der Waals surface area (Å²) in [6.45, 7) is 0. The van der Waals surface area contributed by atoms with Crippen LogP contribution in [0.3, 0.4) is 0 Å². The maximum absolute atomic E-state index is 12.3. The fraction of sp³-hybridized carbons (Fsp3) is 0. The molecule has 0 spiro atoms. The van der Waals surface area contributed by atoms with E-state index in [4.69, 9.17) is 11.6 Å². The van der Waals surface area contributed by atoms with Gasteiger partial charge in [-0.25, -0.2) is 4.98 Å². The molecule has 0 radical (unpaired) electrons. The van der Waals surface area contributed by atoms with Crippen molar-refractivity contribution in [1.82, 2.24) is 4.98 Å².